The van der Waals surface area contributed by atoms with Crippen LogP contribution in [0, 0.1) is 0 Å². The van der Waals surface area contributed by atoms with Crippen LogP contribution in [0.5, 0.6) is 0 Å². The molecule has 0 radical (unpaired) electrons. The van der Waals surface area contributed by atoms with Gasteiger partial charge in [-0.15, -0.1) is 0 Å². The van der Waals surface area contributed by atoms with Crippen molar-refractivity contribution in [3.8, 4) is 0 Å². The molecular formula is C13H20N2O4. The molecule has 0 aromatic heterocycles. The summed E-state index contributed by atoms with van der Waals surface area (Å²) in [6.07, 6.45) is 0. The van der Waals surface area contributed by atoms with Crippen LogP contribution in [0.25, 0.3) is 0 Å². The number of carbonyl (C=O) groups is 1. The minimum absolute atomic E-state index is 0.00365. The van der Waals surface area contributed by atoms with Gasteiger partial charge in [-0.05, 0) is 18.2 Å². The molecule has 0 atom stereocenters. The second-order valence-electron chi connectivity index (χ2n) is 4.02. The third-order valence-corrected chi connectivity index (χ3v) is 2.67. The van der Waals surface area contributed by atoms with Crippen molar-refractivity contribution in [1.29, 1.82) is 0 Å². The topological polar surface area (TPSA) is 85.0 Å². The van der Waals surface area contributed by atoms with E-state index in [0.29, 0.717) is 31.0 Å². The van der Waals surface area contributed by atoms with Crippen LogP contribution in [0.2, 0.25) is 0 Å². The van der Waals surface area contributed by atoms with E-state index in [1.807, 2.05) is 11.9 Å². The molecule has 0 saturated heterocycles. The zero-order valence-electron chi connectivity index (χ0n) is 11.3. The Bertz CT molecular complexity index is 423. The first-order valence-corrected chi connectivity index (χ1v) is 5.97. The maximum absolute atomic E-state index is 11.5. The number of nitrogen functional groups attached to an aromatic ring is 1. The van der Waals surface area contributed by atoms with Crippen LogP contribution in [-0.2, 0) is 9.47 Å². The van der Waals surface area contributed by atoms with E-state index in [1.54, 1.807) is 18.2 Å². The summed E-state index contributed by atoms with van der Waals surface area (Å²) in [6.45, 7) is 1.39. The highest BCUT2D eigenvalue weighted by Gasteiger charge is 2.11. The molecule has 0 amide bonds. The highest BCUT2D eigenvalue weighted by molar-refractivity contribution is 5.92. The fraction of sp³-hybridized carbons (Fsp3) is 0.462. The second-order valence-corrected chi connectivity index (χ2v) is 4.02. The van der Waals surface area contributed by atoms with E-state index in [-0.39, 0.29) is 6.61 Å². The van der Waals surface area contributed by atoms with Gasteiger partial charge in [0.05, 0.1) is 43.9 Å². The number of aliphatic hydroxyl groups is 1. The lowest BCUT2D eigenvalue weighted by Crippen LogP contribution is -2.24. The van der Waals surface area contributed by atoms with Crippen molar-refractivity contribution < 1.29 is 19.4 Å². The maximum atomic E-state index is 11.5. The van der Waals surface area contributed by atoms with Crippen molar-refractivity contribution in [2.45, 2.75) is 0 Å². The summed E-state index contributed by atoms with van der Waals surface area (Å²) in [4.78, 5) is 13.4. The van der Waals surface area contributed by atoms with Gasteiger partial charge >= 0.3 is 5.97 Å². The van der Waals surface area contributed by atoms with Crippen molar-refractivity contribution in [2.24, 2.45) is 0 Å². The Balaban J connectivity index is 2.72. The fourth-order valence-electron chi connectivity index (χ4n) is 1.61. The molecule has 6 nitrogen and oxygen atoms in total. The zero-order chi connectivity index (χ0) is 14.3. The predicted molar refractivity (Wildman–Crippen MR) is 73.4 cm³/mol. The third kappa shape index (κ3) is 4.42. The molecule has 0 unspecified atom stereocenters. The van der Waals surface area contributed by atoms with Gasteiger partial charge in [0.2, 0.25) is 0 Å². The Kier molecular flexibility index (Phi) is 6.11. The Morgan fingerprint density at radius 2 is 2.16 bits per heavy atom. The summed E-state index contributed by atoms with van der Waals surface area (Å²) in [5.74, 6) is -0.397. The highest BCUT2D eigenvalue weighted by Crippen LogP contribution is 2.23. The lowest BCUT2D eigenvalue weighted by atomic mass is 10.1. The lowest BCUT2D eigenvalue weighted by molar-refractivity contribution is 0.0601. The molecule has 0 aliphatic rings. The van der Waals surface area contributed by atoms with Gasteiger partial charge in [-0.25, -0.2) is 4.79 Å². The number of benzene rings is 1. The molecule has 3 N–H and O–H groups in total. The number of nitrogens with two attached hydrogens (primary N) is 1. The van der Waals surface area contributed by atoms with Crippen molar-refractivity contribution in [2.75, 3.05) is 51.2 Å². The number of carbonyl (C=O) groups excluding carboxylic acids is 1. The van der Waals surface area contributed by atoms with E-state index in [9.17, 15) is 4.79 Å². The minimum Gasteiger partial charge on any atom is -0.465 e. The molecule has 0 aliphatic carbocycles. The number of methoxy groups -OCH3 is 1. The number of rotatable bonds is 7. The smallest absolute Gasteiger partial charge is 0.337 e. The number of nitrogens with zero attached hydrogens (tertiary/aromatic N) is 1. The van der Waals surface area contributed by atoms with Crippen molar-refractivity contribution in [3.63, 3.8) is 0 Å². The number of hydrogen-bond donors (Lipinski definition) is 2. The SMILES string of the molecule is COC(=O)c1ccc(N)c(N(C)CCOCCO)c1. The van der Waals surface area contributed by atoms with E-state index < -0.39 is 5.97 Å². The largest absolute Gasteiger partial charge is 0.465 e. The normalized spacial score (nSPS) is 10.3. The Labute approximate surface area is 112 Å². The van der Waals surface area contributed by atoms with E-state index in [0.717, 1.165) is 5.69 Å². The van der Waals surface area contributed by atoms with Crippen molar-refractivity contribution >= 4 is 17.3 Å². The van der Waals surface area contributed by atoms with Crippen LogP contribution < -0.4 is 10.6 Å². The summed E-state index contributed by atoms with van der Waals surface area (Å²) in [6, 6.07) is 4.99. The highest BCUT2D eigenvalue weighted by atomic mass is 16.5. The van der Waals surface area contributed by atoms with Gasteiger partial charge in [-0.1, -0.05) is 0 Å². The maximum Gasteiger partial charge on any atom is 0.337 e. The molecule has 0 fully saturated rings. The van der Waals surface area contributed by atoms with Crippen LogP contribution >= 0.6 is 0 Å². The third-order valence-electron chi connectivity index (χ3n) is 2.67. The van der Waals surface area contributed by atoms with Gasteiger partial charge in [0.15, 0.2) is 0 Å². The molecule has 0 heterocycles. The molecule has 1 rings (SSSR count). The molecule has 0 spiro atoms. The number of ether oxygens (including phenoxy) is 2. The quantitative estimate of drug-likeness (QED) is 0.425. The Morgan fingerprint density at radius 1 is 1.42 bits per heavy atom. The van der Waals surface area contributed by atoms with Crippen LogP contribution in [0.3, 0.4) is 0 Å². The van der Waals surface area contributed by atoms with Crippen LogP contribution in [0.15, 0.2) is 18.2 Å². The molecule has 106 valence electrons. The lowest BCUT2D eigenvalue weighted by Gasteiger charge is -2.21. The van der Waals surface area contributed by atoms with Gasteiger partial charge in [0.25, 0.3) is 0 Å². The predicted octanol–water partition coefficient (Wildman–Crippen LogP) is 0.500. The molecule has 0 aliphatic heterocycles. The summed E-state index contributed by atoms with van der Waals surface area (Å²) in [5, 5.41) is 8.61. The van der Waals surface area contributed by atoms with Crippen molar-refractivity contribution in [3.05, 3.63) is 23.8 Å². The molecule has 0 saturated carbocycles. The van der Waals surface area contributed by atoms with Gasteiger partial charge in [0.1, 0.15) is 0 Å². The first-order valence-electron chi connectivity index (χ1n) is 5.97. The van der Waals surface area contributed by atoms with Gasteiger partial charge < -0.3 is 25.2 Å². The van der Waals surface area contributed by atoms with Crippen LogP contribution in [0.4, 0.5) is 11.4 Å². The number of likely N-dealkylation sites (N-methyl/N-ethyl adjacent to an activating group) is 1. The number of esters is 1. The first kappa shape index (κ1) is 15.3. The standard InChI is InChI=1S/C13H20N2O4/c1-15(5-7-19-8-6-16)12-9-10(13(17)18-2)3-4-11(12)14/h3-4,9,16H,5-8,14H2,1-2H3. The first-order chi connectivity index (χ1) is 9.10. The van der Waals surface area contributed by atoms with E-state index in [4.69, 9.17) is 15.6 Å². The number of aliphatic hydroxyl groups excluding tert-OH is 1. The summed E-state index contributed by atoms with van der Waals surface area (Å²) < 4.78 is 9.86. The van der Waals surface area contributed by atoms with E-state index in [1.165, 1.54) is 7.11 Å². The molecular weight excluding hydrogens is 248 g/mol. The number of hydrogen-bond acceptors (Lipinski definition) is 6. The summed E-state index contributed by atoms with van der Waals surface area (Å²) in [5.41, 5.74) is 7.67. The monoisotopic (exact) mass is 268 g/mol. The van der Waals surface area contributed by atoms with Crippen LogP contribution in [0.1, 0.15) is 10.4 Å². The average molecular weight is 268 g/mol. The van der Waals surface area contributed by atoms with Crippen LogP contribution in [-0.4, -0.2) is 51.6 Å². The summed E-state index contributed by atoms with van der Waals surface area (Å²) in [7, 11) is 3.19. The average Bonchev–Trinajstić information content (AvgIpc) is 2.43. The molecule has 19 heavy (non-hydrogen) atoms. The van der Waals surface area contributed by atoms with E-state index in [2.05, 4.69) is 4.74 Å². The molecule has 1 aromatic rings. The minimum atomic E-state index is -0.397. The Hall–Kier alpha value is -1.79. The fourth-order valence-corrected chi connectivity index (χ4v) is 1.61. The number of anilines is 2. The summed E-state index contributed by atoms with van der Waals surface area (Å²) >= 11 is 0. The second kappa shape index (κ2) is 7.60. The van der Waals surface area contributed by atoms with E-state index >= 15 is 0 Å². The molecule has 0 bridgehead atoms. The van der Waals surface area contributed by atoms with Gasteiger partial charge in [-0.2, -0.15) is 0 Å². The zero-order valence-corrected chi connectivity index (χ0v) is 11.3. The molecule has 6 heteroatoms. The van der Waals surface area contributed by atoms with Gasteiger partial charge in [0, 0.05) is 13.6 Å². The molecule has 1 aromatic carbocycles. The Morgan fingerprint density at radius 3 is 2.79 bits per heavy atom. The van der Waals surface area contributed by atoms with Crippen molar-refractivity contribution in [1.82, 2.24) is 0 Å². The van der Waals surface area contributed by atoms with Gasteiger partial charge in [-0.3, -0.25) is 0 Å².